The van der Waals surface area contributed by atoms with Crippen molar-refractivity contribution in [1.29, 1.82) is 0 Å². The predicted octanol–water partition coefficient (Wildman–Crippen LogP) is 2.38. The van der Waals surface area contributed by atoms with E-state index in [9.17, 15) is 26.8 Å². The molecular formula is C18H22F2N2O5S. The number of rotatable bonds is 7. The molecule has 0 heterocycles. The van der Waals surface area contributed by atoms with Crippen LogP contribution < -0.4 is 10.0 Å². The number of nitrogens with one attached hydrogen (secondary N) is 2. The Bertz CT molecular complexity index is 876. The highest BCUT2D eigenvalue weighted by molar-refractivity contribution is 7.93. The molecule has 0 saturated heterocycles. The summed E-state index contributed by atoms with van der Waals surface area (Å²) in [5.41, 5.74) is -0.734. The number of halogens is 2. The average molecular weight is 416 g/mol. The molecule has 7 nitrogen and oxygen atoms in total. The standard InChI is InChI=1S/C18H22F2N2O5S/c1-3-27-18(24)13-6-4-5-7-16(13)28(25,26)22-17-14(19)8-12(9-15(17)20)10-21-11(2)23/h6,8-9,16,22H,3-5,7,10H2,1-2H3,(H,21,23). The van der Waals surface area contributed by atoms with Crippen LogP contribution in [0.25, 0.3) is 0 Å². The third-order valence-corrected chi connectivity index (χ3v) is 5.88. The van der Waals surface area contributed by atoms with Gasteiger partial charge in [-0.15, -0.1) is 0 Å². The maximum Gasteiger partial charge on any atom is 0.335 e. The molecule has 2 rings (SSSR count). The van der Waals surface area contributed by atoms with Crippen molar-refractivity contribution in [1.82, 2.24) is 5.32 Å². The number of allylic oxidation sites excluding steroid dienone is 1. The molecule has 1 atom stereocenters. The Morgan fingerprint density at radius 3 is 2.46 bits per heavy atom. The molecule has 0 saturated carbocycles. The van der Waals surface area contributed by atoms with Crippen LogP contribution in [0.2, 0.25) is 0 Å². The minimum absolute atomic E-state index is 0.0382. The van der Waals surface area contributed by atoms with Crippen LogP contribution in [0.5, 0.6) is 0 Å². The number of hydrogen-bond donors (Lipinski definition) is 2. The van der Waals surface area contributed by atoms with E-state index in [2.05, 4.69) is 5.32 Å². The van der Waals surface area contributed by atoms with Crippen molar-refractivity contribution in [3.8, 4) is 0 Å². The highest BCUT2D eigenvalue weighted by atomic mass is 32.2. The van der Waals surface area contributed by atoms with Gasteiger partial charge in [0.15, 0.2) is 11.6 Å². The highest BCUT2D eigenvalue weighted by Gasteiger charge is 2.36. The molecule has 1 aromatic carbocycles. The summed E-state index contributed by atoms with van der Waals surface area (Å²) in [5, 5.41) is 1.13. The van der Waals surface area contributed by atoms with Gasteiger partial charge in [-0.1, -0.05) is 6.08 Å². The van der Waals surface area contributed by atoms with Crippen molar-refractivity contribution in [2.24, 2.45) is 0 Å². The lowest BCUT2D eigenvalue weighted by atomic mass is 9.99. The summed E-state index contributed by atoms with van der Waals surface area (Å²) in [4.78, 5) is 23.0. The van der Waals surface area contributed by atoms with Crippen LogP contribution >= 0.6 is 0 Å². The predicted molar refractivity (Wildman–Crippen MR) is 98.8 cm³/mol. The number of sulfonamides is 1. The normalized spacial score (nSPS) is 16.9. The van der Waals surface area contributed by atoms with Crippen molar-refractivity contribution >= 4 is 27.6 Å². The Labute approximate surface area is 162 Å². The van der Waals surface area contributed by atoms with Crippen LogP contribution in [0.1, 0.15) is 38.7 Å². The third-order valence-electron chi connectivity index (χ3n) is 4.15. The number of carbonyl (C=O) groups excluding carboxylic acids is 2. The zero-order valence-electron chi connectivity index (χ0n) is 15.6. The third kappa shape index (κ3) is 5.28. The topological polar surface area (TPSA) is 102 Å². The quantitative estimate of drug-likeness (QED) is 0.665. The SMILES string of the molecule is CCOC(=O)C1=CCCCC1S(=O)(=O)Nc1c(F)cc(CNC(C)=O)cc1F. The van der Waals surface area contributed by atoms with Gasteiger partial charge in [0.25, 0.3) is 0 Å². The van der Waals surface area contributed by atoms with Crippen LogP contribution in [0.15, 0.2) is 23.8 Å². The van der Waals surface area contributed by atoms with Crippen LogP contribution in [0, 0.1) is 11.6 Å². The maximum atomic E-state index is 14.3. The van der Waals surface area contributed by atoms with Crippen LogP contribution in [-0.4, -0.2) is 32.2 Å². The van der Waals surface area contributed by atoms with Gasteiger partial charge in [0.1, 0.15) is 10.9 Å². The Kier molecular flexibility index (Phi) is 7.11. The fourth-order valence-electron chi connectivity index (χ4n) is 2.86. The lowest BCUT2D eigenvalue weighted by molar-refractivity contribution is -0.138. The molecule has 1 aromatic rings. The molecule has 1 amide bonds. The molecule has 0 aromatic heterocycles. The second kappa shape index (κ2) is 9.13. The molecule has 0 fully saturated rings. The fourth-order valence-corrected chi connectivity index (χ4v) is 4.49. The monoisotopic (exact) mass is 416 g/mol. The first-order chi connectivity index (χ1) is 13.2. The minimum atomic E-state index is -4.30. The van der Waals surface area contributed by atoms with Crippen molar-refractivity contribution < 1.29 is 31.5 Å². The molecule has 28 heavy (non-hydrogen) atoms. The van der Waals surface area contributed by atoms with Gasteiger partial charge >= 0.3 is 5.97 Å². The van der Waals surface area contributed by atoms with E-state index in [1.807, 2.05) is 4.72 Å². The van der Waals surface area contributed by atoms with Crippen molar-refractivity contribution in [2.75, 3.05) is 11.3 Å². The molecule has 10 heteroatoms. The molecule has 0 bridgehead atoms. The minimum Gasteiger partial charge on any atom is -0.463 e. The smallest absolute Gasteiger partial charge is 0.335 e. The number of amides is 1. The van der Waals surface area contributed by atoms with Crippen LogP contribution in [0.4, 0.5) is 14.5 Å². The first kappa shape index (κ1) is 21.8. The van der Waals surface area contributed by atoms with Gasteiger partial charge in [0.2, 0.25) is 15.9 Å². The van der Waals surface area contributed by atoms with E-state index in [4.69, 9.17) is 4.74 Å². The van der Waals surface area contributed by atoms with Gasteiger partial charge in [0.05, 0.1) is 12.2 Å². The summed E-state index contributed by atoms with van der Waals surface area (Å²) >= 11 is 0. The summed E-state index contributed by atoms with van der Waals surface area (Å²) in [6, 6.07) is 1.86. The van der Waals surface area contributed by atoms with E-state index in [1.54, 1.807) is 6.92 Å². The van der Waals surface area contributed by atoms with E-state index in [1.165, 1.54) is 13.0 Å². The second-order valence-corrected chi connectivity index (χ2v) is 8.15. The van der Waals surface area contributed by atoms with Gasteiger partial charge in [-0.2, -0.15) is 0 Å². The lowest BCUT2D eigenvalue weighted by Gasteiger charge is -2.24. The summed E-state index contributed by atoms with van der Waals surface area (Å²) in [6.45, 7) is 2.83. The van der Waals surface area contributed by atoms with Crippen LogP contribution in [-0.2, 0) is 30.9 Å². The Hall–Kier alpha value is -2.49. The first-order valence-corrected chi connectivity index (χ1v) is 10.3. The fraction of sp³-hybridized carbons (Fsp3) is 0.444. The van der Waals surface area contributed by atoms with Crippen molar-refractivity contribution in [3.63, 3.8) is 0 Å². The molecule has 154 valence electrons. The summed E-state index contributed by atoms with van der Waals surface area (Å²) in [5.74, 6) is -3.38. The van der Waals surface area contributed by atoms with Gasteiger partial charge in [-0.3, -0.25) is 9.52 Å². The van der Waals surface area contributed by atoms with Gasteiger partial charge in [0, 0.05) is 13.5 Å². The number of esters is 1. The number of anilines is 1. The summed E-state index contributed by atoms with van der Waals surface area (Å²) in [7, 11) is -4.30. The molecule has 1 aliphatic carbocycles. The number of ether oxygens (including phenoxy) is 1. The van der Waals surface area contributed by atoms with E-state index < -0.39 is 38.6 Å². The van der Waals surface area contributed by atoms with Crippen molar-refractivity contribution in [3.05, 3.63) is 41.0 Å². The van der Waals surface area contributed by atoms with E-state index in [-0.39, 0.29) is 36.6 Å². The summed E-state index contributed by atoms with van der Waals surface area (Å²) in [6.07, 6.45) is 2.63. The molecule has 0 spiro atoms. The number of carbonyl (C=O) groups is 2. The number of benzene rings is 1. The highest BCUT2D eigenvalue weighted by Crippen LogP contribution is 2.29. The Morgan fingerprint density at radius 1 is 1.25 bits per heavy atom. The molecular weight excluding hydrogens is 394 g/mol. The number of hydrogen-bond acceptors (Lipinski definition) is 5. The molecule has 0 radical (unpaired) electrons. The lowest BCUT2D eigenvalue weighted by Crippen LogP contribution is -2.35. The van der Waals surface area contributed by atoms with Gasteiger partial charge in [-0.25, -0.2) is 22.0 Å². The largest absolute Gasteiger partial charge is 0.463 e. The van der Waals surface area contributed by atoms with Gasteiger partial charge in [-0.05, 0) is 43.9 Å². The van der Waals surface area contributed by atoms with E-state index in [0.29, 0.717) is 12.8 Å². The van der Waals surface area contributed by atoms with Gasteiger partial charge < -0.3 is 10.1 Å². The summed E-state index contributed by atoms with van der Waals surface area (Å²) < 4.78 is 60.9. The average Bonchev–Trinajstić information content (AvgIpc) is 2.63. The zero-order valence-corrected chi connectivity index (χ0v) is 16.4. The first-order valence-electron chi connectivity index (χ1n) is 8.76. The Morgan fingerprint density at radius 2 is 1.89 bits per heavy atom. The molecule has 1 aliphatic rings. The maximum absolute atomic E-state index is 14.3. The Balaban J connectivity index is 2.28. The van der Waals surface area contributed by atoms with Crippen molar-refractivity contribution in [2.45, 2.75) is 44.9 Å². The van der Waals surface area contributed by atoms with E-state index >= 15 is 0 Å². The molecule has 1 unspecified atom stereocenters. The molecule has 2 N–H and O–H groups in total. The zero-order chi connectivity index (χ0) is 20.9. The van der Waals surface area contributed by atoms with Crippen LogP contribution in [0.3, 0.4) is 0 Å². The molecule has 0 aliphatic heterocycles. The second-order valence-electron chi connectivity index (χ2n) is 6.29. The van der Waals surface area contributed by atoms with E-state index in [0.717, 1.165) is 12.1 Å².